The van der Waals surface area contributed by atoms with Gasteiger partial charge in [-0.1, -0.05) is 30.3 Å². The SMILES string of the molecule is CC(=O)NC[C@H]1CN(c2ccc(-c3ccc(C[S+]([O-])c4ccccn4)cc3)c(F)c2)C(=O)O1. The van der Waals surface area contributed by atoms with Crippen LogP contribution in [0.4, 0.5) is 14.9 Å². The molecule has 1 fully saturated rings. The molecule has 0 saturated carbocycles. The zero-order valence-corrected chi connectivity index (χ0v) is 18.7. The third kappa shape index (κ3) is 5.50. The Morgan fingerprint density at radius 2 is 2.03 bits per heavy atom. The maximum absolute atomic E-state index is 14.9. The van der Waals surface area contributed by atoms with E-state index in [9.17, 15) is 18.5 Å². The molecule has 2 heterocycles. The van der Waals surface area contributed by atoms with Gasteiger partial charge in [-0.05, 0) is 29.8 Å². The van der Waals surface area contributed by atoms with Crippen molar-refractivity contribution in [3.8, 4) is 11.1 Å². The number of nitrogens with one attached hydrogen (secondary N) is 1. The van der Waals surface area contributed by atoms with Gasteiger partial charge in [0.25, 0.3) is 0 Å². The van der Waals surface area contributed by atoms with Crippen molar-refractivity contribution in [3.05, 3.63) is 78.2 Å². The number of carbonyl (C=O) groups excluding carboxylic acids is 2. The predicted molar refractivity (Wildman–Crippen MR) is 122 cm³/mol. The fraction of sp³-hybridized carbons (Fsp3) is 0.208. The minimum absolute atomic E-state index is 0.204. The van der Waals surface area contributed by atoms with E-state index in [0.717, 1.165) is 5.56 Å². The third-order valence-electron chi connectivity index (χ3n) is 5.15. The molecule has 2 aromatic carbocycles. The lowest BCUT2D eigenvalue weighted by molar-refractivity contribution is -0.119. The van der Waals surface area contributed by atoms with E-state index in [-0.39, 0.29) is 19.0 Å². The van der Waals surface area contributed by atoms with Crippen molar-refractivity contribution in [1.29, 1.82) is 0 Å². The maximum Gasteiger partial charge on any atom is 0.414 e. The summed E-state index contributed by atoms with van der Waals surface area (Å²) in [7, 11) is 0. The number of cyclic esters (lactones) is 1. The van der Waals surface area contributed by atoms with E-state index < -0.39 is 29.2 Å². The van der Waals surface area contributed by atoms with Gasteiger partial charge in [0.05, 0.1) is 18.8 Å². The lowest BCUT2D eigenvalue weighted by Crippen LogP contribution is -2.33. The molecule has 0 spiro atoms. The molecule has 0 bridgehead atoms. The molecule has 0 radical (unpaired) electrons. The van der Waals surface area contributed by atoms with E-state index in [1.54, 1.807) is 48.7 Å². The highest BCUT2D eigenvalue weighted by Gasteiger charge is 2.32. The van der Waals surface area contributed by atoms with Crippen LogP contribution in [0, 0.1) is 5.82 Å². The van der Waals surface area contributed by atoms with Gasteiger partial charge in [0.15, 0.2) is 0 Å². The number of hydrogen-bond donors (Lipinski definition) is 1. The van der Waals surface area contributed by atoms with Crippen molar-refractivity contribution in [3.63, 3.8) is 0 Å². The Bertz CT molecular complexity index is 1140. The fourth-order valence-corrected chi connectivity index (χ4v) is 4.54. The van der Waals surface area contributed by atoms with Gasteiger partial charge >= 0.3 is 6.09 Å². The van der Waals surface area contributed by atoms with Crippen LogP contribution in [-0.4, -0.2) is 40.7 Å². The summed E-state index contributed by atoms with van der Waals surface area (Å²) in [5.41, 5.74) is 2.29. The average molecular weight is 468 g/mol. The van der Waals surface area contributed by atoms with Crippen LogP contribution >= 0.6 is 0 Å². The Kier molecular flexibility index (Phi) is 6.90. The molecule has 1 aromatic heterocycles. The zero-order chi connectivity index (χ0) is 23.4. The number of aromatic nitrogens is 1. The number of benzene rings is 2. The van der Waals surface area contributed by atoms with Crippen LogP contribution in [0.3, 0.4) is 0 Å². The molecule has 3 aromatic rings. The maximum atomic E-state index is 14.9. The smallest absolute Gasteiger partial charge is 0.414 e. The first-order valence-corrected chi connectivity index (χ1v) is 11.6. The van der Waals surface area contributed by atoms with Gasteiger partial charge in [-0.2, -0.15) is 0 Å². The van der Waals surface area contributed by atoms with Crippen molar-refractivity contribution < 1.29 is 23.3 Å². The van der Waals surface area contributed by atoms with Crippen LogP contribution in [0.5, 0.6) is 0 Å². The minimum Gasteiger partial charge on any atom is -0.610 e. The molecule has 2 amide bonds. The average Bonchev–Trinajstić information content (AvgIpc) is 3.19. The molecule has 1 unspecified atom stereocenters. The van der Waals surface area contributed by atoms with Crippen molar-refractivity contribution in [2.75, 3.05) is 18.0 Å². The minimum atomic E-state index is -1.26. The van der Waals surface area contributed by atoms with E-state index in [2.05, 4.69) is 10.3 Å². The quantitative estimate of drug-likeness (QED) is 0.535. The number of hydrogen-bond acceptors (Lipinski definition) is 5. The van der Waals surface area contributed by atoms with Crippen molar-refractivity contribution in [2.24, 2.45) is 0 Å². The first kappa shape index (κ1) is 22.8. The van der Waals surface area contributed by atoms with Gasteiger partial charge in [-0.25, -0.2) is 14.2 Å². The standard InChI is InChI=1S/C24H22FN3O4S/c1-16(29)27-13-20-14-28(24(30)32-20)19-9-10-21(22(25)12-19)18-7-5-17(6-8-18)15-33(31)23-4-2-3-11-26-23/h2-12,20H,13-15H2,1H3,(H,27,29)/t20-,33?/m0/s1. The van der Waals surface area contributed by atoms with Gasteiger partial charge in [0, 0.05) is 41.5 Å². The van der Waals surface area contributed by atoms with Crippen LogP contribution in [-0.2, 0) is 26.5 Å². The van der Waals surface area contributed by atoms with Crippen LogP contribution < -0.4 is 10.2 Å². The normalized spacial score (nSPS) is 16.4. The number of halogens is 1. The second kappa shape index (κ2) is 10.0. The molecule has 1 N–H and O–H groups in total. The Labute approximate surface area is 193 Å². The van der Waals surface area contributed by atoms with Crippen molar-refractivity contribution in [1.82, 2.24) is 10.3 Å². The summed E-state index contributed by atoms with van der Waals surface area (Å²) in [4.78, 5) is 28.7. The second-order valence-corrected chi connectivity index (χ2v) is 8.97. The van der Waals surface area contributed by atoms with Gasteiger partial charge in [-0.3, -0.25) is 9.69 Å². The summed E-state index contributed by atoms with van der Waals surface area (Å²) in [6, 6.07) is 17.0. The number of rotatable bonds is 7. The highest BCUT2D eigenvalue weighted by Crippen LogP contribution is 2.29. The Morgan fingerprint density at radius 3 is 2.70 bits per heavy atom. The molecule has 2 atom stereocenters. The Morgan fingerprint density at radius 1 is 1.24 bits per heavy atom. The number of pyridine rings is 1. The Balaban J connectivity index is 1.44. The molecular formula is C24H22FN3O4S. The summed E-state index contributed by atoms with van der Waals surface area (Å²) in [6.07, 6.45) is 0.532. The molecule has 9 heteroatoms. The number of carbonyl (C=O) groups is 2. The predicted octanol–water partition coefficient (Wildman–Crippen LogP) is 3.66. The highest BCUT2D eigenvalue weighted by atomic mass is 32.2. The summed E-state index contributed by atoms with van der Waals surface area (Å²) < 4.78 is 32.6. The van der Waals surface area contributed by atoms with E-state index in [0.29, 0.717) is 27.6 Å². The van der Waals surface area contributed by atoms with E-state index in [1.807, 2.05) is 12.1 Å². The van der Waals surface area contributed by atoms with E-state index in [1.165, 1.54) is 17.9 Å². The Hall–Kier alpha value is -3.43. The summed E-state index contributed by atoms with van der Waals surface area (Å²) in [6.45, 7) is 1.81. The summed E-state index contributed by atoms with van der Waals surface area (Å²) >= 11 is -1.26. The summed E-state index contributed by atoms with van der Waals surface area (Å²) in [5.74, 6) is -0.376. The van der Waals surface area contributed by atoms with Crippen molar-refractivity contribution >= 4 is 28.9 Å². The zero-order valence-electron chi connectivity index (χ0n) is 17.9. The molecule has 170 valence electrons. The molecule has 33 heavy (non-hydrogen) atoms. The lowest BCUT2D eigenvalue weighted by atomic mass is 10.0. The van der Waals surface area contributed by atoms with E-state index >= 15 is 0 Å². The lowest BCUT2D eigenvalue weighted by Gasteiger charge is -2.15. The number of amides is 2. The molecule has 1 saturated heterocycles. The molecule has 1 aliphatic rings. The summed E-state index contributed by atoms with van der Waals surface area (Å²) in [5, 5.41) is 3.12. The van der Waals surface area contributed by atoms with Gasteiger partial charge in [0.2, 0.25) is 10.9 Å². The van der Waals surface area contributed by atoms with Crippen LogP contribution in [0.25, 0.3) is 11.1 Å². The van der Waals surface area contributed by atoms with Gasteiger partial charge in [-0.15, -0.1) is 0 Å². The molecule has 0 aliphatic carbocycles. The fourth-order valence-electron chi connectivity index (χ4n) is 3.49. The molecule has 7 nitrogen and oxygen atoms in total. The van der Waals surface area contributed by atoms with Gasteiger partial charge in [0.1, 0.15) is 17.7 Å². The first-order valence-electron chi connectivity index (χ1n) is 10.3. The topological polar surface area (TPSA) is 94.6 Å². The van der Waals surface area contributed by atoms with Crippen LogP contribution in [0.2, 0.25) is 0 Å². The number of ether oxygens (including phenoxy) is 1. The first-order chi connectivity index (χ1) is 15.9. The molecule has 1 aliphatic heterocycles. The molecule has 4 rings (SSSR count). The highest BCUT2D eigenvalue weighted by molar-refractivity contribution is 7.90. The number of anilines is 1. The van der Waals surface area contributed by atoms with Gasteiger partial charge < -0.3 is 14.6 Å². The second-order valence-electron chi connectivity index (χ2n) is 7.57. The van der Waals surface area contributed by atoms with Crippen LogP contribution in [0.1, 0.15) is 12.5 Å². The van der Waals surface area contributed by atoms with Crippen molar-refractivity contribution in [2.45, 2.75) is 23.8 Å². The molecular weight excluding hydrogens is 445 g/mol. The van der Waals surface area contributed by atoms with Crippen LogP contribution in [0.15, 0.2) is 71.9 Å². The van der Waals surface area contributed by atoms with E-state index in [4.69, 9.17) is 4.74 Å². The third-order valence-corrected chi connectivity index (χ3v) is 6.45. The number of nitrogens with zero attached hydrogens (tertiary/aromatic N) is 2. The monoisotopic (exact) mass is 467 g/mol. The largest absolute Gasteiger partial charge is 0.610 e.